The molecule has 1 aromatic carbocycles. The molecule has 114 valence electrons. The summed E-state index contributed by atoms with van der Waals surface area (Å²) < 4.78 is 19.1. The van der Waals surface area contributed by atoms with E-state index < -0.39 is 0 Å². The summed E-state index contributed by atoms with van der Waals surface area (Å²) in [5.74, 6) is 0.346. The Balaban J connectivity index is 2.30. The molecule has 0 aliphatic rings. The maximum absolute atomic E-state index is 13.8. The molecule has 0 aliphatic heterocycles. The fourth-order valence-corrected chi connectivity index (χ4v) is 2.20. The van der Waals surface area contributed by atoms with Crippen LogP contribution in [-0.2, 0) is 4.74 Å². The van der Waals surface area contributed by atoms with E-state index in [0.717, 1.165) is 0 Å². The van der Waals surface area contributed by atoms with Crippen molar-refractivity contribution in [1.82, 2.24) is 9.97 Å². The third-order valence-electron chi connectivity index (χ3n) is 3.20. The molecule has 0 saturated heterocycles. The van der Waals surface area contributed by atoms with Crippen LogP contribution in [0.3, 0.4) is 0 Å². The molecule has 1 heterocycles. The highest BCUT2D eigenvalue weighted by Gasteiger charge is 2.16. The summed E-state index contributed by atoms with van der Waals surface area (Å²) in [5, 5.41) is 9.42. The lowest BCUT2D eigenvalue weighted by Gasteiger charge is -2.28. The number of halogens is 1. The van der Waals surface area contributed by atoms with Gasteiger partial charge in [-0.25, -0.2) is 14.4 Å². The number of para-hydroxylation sites is 1. The maximum atomic E-state index is 13.8. The molecule has 6 heteroatoms. The summed E-state index contributed by atoms with van der Waals surface area (Å²) in [5.41, 5.74) is 0.324. The Morgan fingerprint density at radius 1 is 1.29 bits per heavy atom. The minimum Gasteiger partial charge on any atom is -0.394 e. The van der Waals surface area contributed by atoms with Crippen LogP contribution in [0.25, 0.3) is 10.9 Å². The molecule has 0 unspecified atom stereocenters. The number of aromatic nitrogens is 2. The highest BCUT2D eigenvalue weighted by atomic mass is 19.1. The fraction of sp³-hybridized carbons (Fsp3) is 0.467. The Bertz CT molecular complexity index is 592. The molecule has 0 spiro atoms. The van der Waals surface area contributed by atoms with Crippen molar-refractivity contribution in [2.75, 3.05) is 31.3 Å². The minimum atomic E-state index is -0.351. The SMILES string of the molecule is CC(C)N(CCOCCO)c1ncnc2c(F)cccc12. The van der Waals surface area contributed by atoms with Crippen LogP contribution in [-0.4, -0.2) is 47.5 Å². The summed E-state index contributed by atoms with van der Waals surface area (Å²) in [4.78, 5) is 10.4. The first-order valence-corrected chi connectivity index (χ1v) is 6.99. The molecule has 0 atom stereocenters. The number of aliphatic hydroxyl groups excluding tert-OH is 1. The number of rotatable bonds is 7. The fourth-order valence-electron chi connectivity index (χ4n) is 2.20. The van der Waals surface area contributed by atoms with E-state index in [4.69, 9.17) is 9.84 Å². The number of benzene rings is 1. The smallest absolute Gasteiger partial charge is 0.149 e. The predicted octanol–water partition coefficient (Wildman–Crippen LogP) is 1.99. The van der Waals surface area contributed by atoms with E-state index in [-0.39, 0.29) is 18.5 Å². The Hall–Kier alpha value is -1.79. The highest BCUT2D eigenvalue weighted by molar-refractivity contribution is 5.89. The Morgan fingerprint density at radius 3 is 2.81 bits per heavy atom. The van der Waals surface area contributed by atoms with Gasteiger partial charge in [-0.2, -0.15) is 0 Å². The first-order valence-electron chi connectivity index (χ1n) is 6.99. The first kappa shape index (κ1) is 15.6. The zero-order chi connectivity index (χ0) is 15.2. The van der Waals surface area contributed by atoms with Crippen molar-refractivity contribution in [3.8, 4) is 0 Å². The first-order chi connectivity index (χ1) is 10.1. The van der Waals surface area contributed by atoms with Crippen LogP contribution in [0.4, 0.5) is 10.2 Å². The molecule has 0 radical (unpaired) electrons. The van der Waals surface area contributed by atoms with Gasteiger partial charge in [0.15, 0.2) is 0 Å². The molecule has 1 aromatic heterocycles. The summed E-state index contributed by atoms with van der Waals surface area (Å²) in [6.07, 6.45) is 1.38. The number of nitrogens with zero attached hydrogens (tertiary/aromatic N) is 3. The normalized spacial score (nSPS) is 11.3. The number of fused-ring (bicyclic) bond motifs is 1. The molecule has 0 saturated carbocycles. The number of aliphatic hydroxyl groups is 1. The molecule has 2 rings (SSSR count). The largest absolute Gasteiger partial charge is 0.394 e. The van der Waals surface area contributed by atoms with Crippen LogP contribution in [0.5, 0.6) is 0 Å². The van der Waals surface area contributed by atoms with E-state index in [0.29, 0.717) is 36.5 Å². The van der Waals surface area contributed by atoms with Crippen LogP contribution < -0.4 is 4.90 Å². The van der Waals surface area contributed by atoms with Gasteiger partial charge in [-0.05, 0) is 26.0 Å². The average molecular weight is 293 g/mol. The van der Waals surface area contributed by atoms with E-state index >= 15 is 0 Å². The molecule has 5 nitrogen and oxygen atoms in total. The molecular formula is C15H20FN3O2. The van der Waals surface area contributed by atoms with Gasteiger partial charge >= 0.3 is 0 Å². The Kier molecular flexibility index (Phi) is 5.41. The monoisotopic (exact) mass is 293 g/mol. The van der Waals surface area contributed by atoms with E-state index in [1.54, 1.807) is 6.07 Å². The van der Waals surface area contributed by atoms with E-state index in [9.17, 15) is 4.39 Å². The lowest BCUT2D eigenvalue weighted by Crippen LogP contribution is -2.35. The van der Waals surface area contributed by atoms with Gasteiger partial charge in [0, 0.05) is 18.0 Å². The van der Waals surface area contributed by atoms with Gasteiger partial charge in [0.1, 0.15) is 23.5 Å². The summed E-state index contributed by atoms with van der Waals surface area (Å²) >= 11 is 0. The van der Waals surface area contributed by atoms with Crippen LogP contribution in [0.1, 0.15) is 13.8 Å². The molecule has 0 aliphatic carbocycles. The standard InChI is InChI=1S/C15H20FN3O2/c1-11(2)19(6-8-21-9-7-20)15-12-4-3-5-13(16)14(12)17-10-18-15/h3-5,10-11,20H,6-9H2,1-2H3. The van der Waals surface area contributed by atoms with E-state index in [1.165, 1.54) is 12.4 Å². The van der Waals surface area contributed by atoms with Gasteiger partial charge in [-0.15, -0.1) is 0 Å². The summed E-state index contributed by atoms with van der Waals surface area (Å²) in [6.45, 7) is 5.48. The molecule has 21 heavy (non-hydrogen) atoms. The zero-order valence-electron chi connectivity index (χ0n) is 12.3. The predicted molar refractivity (Wildman–Crippen MR) is 79.9 cm³/mol. The second kappa shape index (κ2) is 7.28. The molecule has 2 aromatic rings. The van der Waals surface area contributed by atoms with Gasteiger partial charge in [0.2, 0.25) is 0 Å². The molecule has 0 fully saturated rings. The van der Waals surface area contributed by atoms with Gasteiger partial charge in [-0.3, -0.25) is 0 Å². The van der Waals surface area contributed by atoms with Crippen LogP contribution in [0.2, 0.25) is 0 Å². The third-order valence-corrected chi connectivity index (χ3v) is 3.20. The van der Waals surface area contributed by atoms with Crippen molar-refractivity contribution in [2.45, 2.75) is 19.9 Å². The number of ether oxygens (including phenoxy) is 1. The van der Waals surface area contributed by atoms with Gasteiger partial charge in [0.05, 0.1) is 19.8 Å². The number of anilines is 1. The topological polar surface area (TPSA) is 58.5 Å². The second-order valence-electron chi connectivity index (χ2n) is 4.96. The van der Waals surface area contributed by atoms with Crippen molar-refractivity contribution in [3.05, 3.63) is 30.3 Å². The van der Waals surface area contributed by atoms with Gasteiger partial charge in [-0.1, -0.05) is 6.07 Å². The number of hydrogen-bond donors (Lipinski definition) is 1. The Labute approximate surface area is 123 Å². The van der Waals surface area contributed by atoms with Crippen molar-refractivity contribution in [3.63, 3.8) is 0 Å². The quantitative estimate of drug-likeness (QED) is 0.791. The second-order valence-corrected chi connectivity index (χ2v) is 4.96. The van der Waals surface area contributed by atoms with Crippen LogP contribution in [0.15, 0.2) is 24.5 Å². The summed E-state index contributed by atoms with van der Waals surface area (Å²) in [6, 6.07) is 5.05. The lowest BCUT2D eigenvalue weighted by molar-refractivity contribution is 0.0961. The van der Waals surface area contributed by atoms with E-state index in [1.807, 2.05) is 24.8 Å². The molecular weight excluding hydrogens is 273 g/mol. The van der Waals surface area contributed by atoms with Gasteiger partial charge < -0.3 is 14.7 Å². The zero-order valence-corrected chi connectivity index (χ0v) is 12.3. The van der Waals surface area contributed by atoms with Crippen molar-refractivity contribution in [2.24, 2.45) is 0 Å². The minimum absolute atomic E-state index is 0.00330. The molecule has 0 amide bonds. The number of hydrogen-bond acceptors (Lipinski definition) is 5. The van der Waals surface area contributed by atoms with Crippen LogP contribution >= 0.6 is 0 Å². The third kappa shape index (κ3) is 3.65. The highest BCUT2D eigenvalue weighted by Crippen LogP contribution is 2.25. The summed E-state index contributed by atoms with van der Waals surface area (Å²) in [7, 11) is 0. The van der Waals surface area contributed by atoms with Crippen molar-refractivity contribution in [1.29, 1.82) is 0 Å². The molecule has 1 N–H and O–H groups in total. The average Bonchev–Trinajstić information content (AvgIpc) is 2.47. The molecule has 0 bridgehead atoms. The lowest BCUT2D eigenvalue weighted by atomic mass is 10.2. The van der Waals surface area contributed by atoms with Gasteiger partial charge in [0.25, 0.3) is 0 Å². The van der Waals surface area contributed by atoms with Crippen molar-refractivity contribution >= 4 is 16.7 Å². The van der Waals surface area contributed by atoms with Crippen molar-refractivity contribution < 1.29 is 14.2 Å². The Morgan fingerprint density at radius 2 is 2.10 bits per heavy atom. The maximum Gasteiger partial charge on any atom is 0.149 e. The van der Waals surface area contributed by atoms with Crippen LogP contribution in [0, 0.1) is 5.82 Å². The van der Waals surface area contributed by atoms with E-state index in [2.05, 4.69) is 9.97 Å².